The molecular formula is C17H12ClN5. The van der Waals surface area contributed by atoms with Gasteiger partial charge in [-0.05, 0) is 35.9 Å². The summed E-state index contributed by atoms with van der Waals surface area (Å²) < 4.78 is 1.89. The molecule has 23 heavy (non-hydrogen) atoms. The van der Waals surface area contributed by atoms with Gasteiger partial charge in [0.05, 0.1) is 23.8 Å². The molecule has 4 aromatic rings. The lowest BCUT2D eigenvalue weighted by Gasteiger charge is -2.02. The Morgan fingerprint density at radius 2 is 1.83 bits per heavy atom. The van der Waals surface area contributed by atoms with Crippen molar-refractivity contribution in [1.82, 2.24) is 24.7 Å². The van der Waals surface area contributed by atoms with Gasteiger partial charge in [-0.25, -0.2) is 4.98 Å². The second-order valence-corrected chi connectivity index (χ2v) is 5.57. The molecule has 6 heteroatoms. The van der Waals surface area contributed by atoms with Gasteiger partial charge < -0.3 is 0 Å². The van der Waals surface area contributed by atoms with Gasteiger partial charge >= 0.3 is 0 Å². The minimum atomic E-state index is 0.463. The van der Waals surface area contributed by atoms with Crippen molar-refractivity contribution in [3.8, 4) is 11.1 Å². The maximum Gasteiger partial charge on any atom is 0.129 e. The maximum absolute atomic E-state index is 5.95. The van der Waals surface area contributed by atoms with E-state index in [1.165, 1.54) is 0 Å². The first-order valence-corrected chi connectivity index (χ1v) is 7.50. The third-order valence-corrected chi connectivity index (χ3v) is 3.77. The highest BCUT2D eigenvalue weighted by Gasteiger charge is 2.06. The quantitative estimate of drug-likeness (QED) is 0.541. The summed E-state index contributed by atoms with van der Waals surface area (Å²) in [6.45, 7) is 0.702. The lowest BCUT2D eigenvalue weighted by Crippen LogP contribution is -1.99. The summed E-state index contributed by atoms with van der Waals surface area (Å²) in [6.07, 6.45) is 9.21. The zero-order valence-corrected chi connectivity index (χ0v) is 12.9. The SMILES string of the molecule is Clc1ccc2ncc(-c3cnn(Cc4ccncc4)c3)cc2n1. The predicted octanol–water partition coefficient (Wildman–Crippen LogP) is 3.59. The summed E-state index contributed by atoms with van der Waals surface area (Å²) in [6, 6.07) is 9.53. The molecule has 0 bridgehead atoms. The van der Waals surface area contributed by atoms with Gasteiger partial charge in [0, 0.05) is 35.9 Å². The van der Waals surface area contributed by atoms with Crippen molar-refractivity contribution in [1.29, 1.82) is 0 Å². The van der Waals surface area contributed by atoms with E-state index in [4.69, 9.17) is 11.6 Å². The van der Waals surface area contributed by atoms with E-state index in [1.54, 1.807) is 18.5 Å². The molecule has 112 valence electrons. The molecule has 4 rings (SSSR count). The summed E-state index contributed by atoms with van der Waals surface area (Å²) in [5, 5.41) is 4.87. The standard InChI is InChI=1S/C17H12ClN5/c18-17-2-1-15-16(22-17)7-13(8-20-15)14-9-21-23(11-14)10-12-3-5-19-6-4-12/h1-9,11H,10H2. The zero-order chi connectivity index (χ0) is 15.6. The highest BCUT2D eigenvalue weighted by atomic mass is 35.5. The van der Waals surface area contributed by atoms with Crippen LogP contribution in [0.1, 0.15) is 5.56 Å². The third kappa shape index (κ3) is 2.91. The van der Waals surface area contributed by atoms with Crippen molar-refractivity contribution < 1.29 is 0 Å². The Morgan fingerprint density at radius 3 is 2.70 bits per heavy atom. The van der Waals surface area contributed by atoms with Gasteiger partial charge in [0.25, 0.3) is 0 Å². The van der Waals surface area contributed by atoms with Crippen LogP contribution in [0.25, 0.3) is 22.2 Å². The first-order valence-electron chi connectivity index (χ1n) is 7.12. The van der Waals surface area contributed by atoms with Gasteiger partial charge in [0.1, 0.15) is 5.15 Å². The van der Waals surface area contributed by atoms with Crippen LogP contribution >= 0.6 is 11.6 Å². The van der Waals surface area contributed by atoms with Crippen molar-refractivity contribution in [3.63, 3.8) is 0 Å². The summed E-state index contributed by atoms with van der Waals surface area (Å²) >= 11 is 5.95. The van der Waals surface area contributed by atoms with E-state index in [2.05, 4.69) is 20.1 Å². The molecule has 0 aromatic carbocycles. The summed E-state index contributed by atoms with van der Waals surface area (Å²) in [4.78, 5) is 12.8. The van der Waals surface area contributed by atoms with E-state index in [0.29, 0.717) is 11.7 Å². The Hall–Kier alpha value is -2.79. The van der Waals surface area contributed by atoms with Crippen molar-refractivity contribution in [3.05, 3.63) is 72.0 Å². The molecule has 0 aliphatic heterocycles. The third-order valence-electron chi connectivity index (χ3n) is 3.56. The Bertz CT molecular complexity index is 965. The normalized spacial score (nSPS) is 11.0. The fraction of sp³-hybridized carbons (Fsp3) is 0.0588. The van der Waals surface area contributed by atoms with Crippen LogP contribution in [0, 0.1) is 0 Å². The van der Waals surface area contributed by atoms with Crippen LogP contribution in [0.5, 0.6) is 0 Å². The number of hydrogen-bond donors (Lipinski definition) is 0. The average molecular weight is 322 g/mol. The number of halogens is 1. The van der Waals surface area contributed by atoms with Crippen molar-refractivity contribution in [2.75, 3.05) is 0 Å². The number of aromatic nitrogens is 5. The van der Waals surface area contributed by atoms with Crippen molar-refractivity contribution in [2.24, 2.45) is 0 Å². The minimum absolute atomic E-state index is 0.463. The average Bonchev–Trinajstić information content (AvgIpc) is 3.03. The zero-order valence-electron chi connectivity index (χ0n) is 12.1. The summed E-state index contributed by atoms with van der Waals surface area (Å²) in [7, 11) is 0. The molecule has 0 atom stereocenters. The number of pyridine rings is 3. The highest BCUT2D eigenvalue weighted by molar-refractivity contribution is 6.29. The predicted molar refractivity (Wildman–Crippen MR) is 89.1 cm³/mol. The summed E-state index contributed by atoms with van der Waals surface area (Å²) in [5.74, 6) is 0. The Kier molecular flexibility index (Phi) is 3.48. The largest absolute Gasteiger partial charge is 0.268 e. The minimum Gasteiger partial charge on any atom is -0.268 e. The van der Waals surface area contributed by atoms with E-state index in [1.807, 2.05) is 47.5 Å². The molecule has 0 spiro atoms. The lowest BCUT2D eigenvalue weighted by atomic mass is 10.1. The van der Waals surface area contributed by atoms with Gasteiger partial charge in [-0.15, -0.1) is 0 Å². The first-order chi connectivity index (χ1) is 11.3. The molecule has 0 radical (unpaired) electrons. The first kappa shape index (κ1) is 13.8. The molecule has 0 saturated heterocycles. The van der Waals surface area contributed by atoms with Crippen molar-refractivity contribution in [2.45, 2.75) is 6.54 Å². The second-order valence-electron chi connectivity index (χ2n) is 5.18. The smallest absolute Gasteiger partial charge is 0.129 e. The van der Waals surface area contributed by atoms with Gasteiger partial charge in [0.15, 0.2) is 0 Å². The van der Waals surface area contributed by atoms with Crippen LogP contribution in [0.15, 0.2) is 61.3 Å². The lowest BCUT2D eigenvalue weighted by molar-refractivity contribution is 0.686. The Balaban J connectivity index is 1.66. The van der Waals surface area contributed by atoms with Crippen LogP contribution in [0.2, 0.25) is 5.15 Å². The summed E-state index contributed by atoms with van der Waals surface area (Å²) in [5.41, 5.74) is 4.71. The Morgan fingerprint density at radius 1 is 0.957 bits per heavy atom. The van der Waals surface area contributed by atoms with Gasteiger partial charge in [-0.1, -0.05) is 11.6 Å². The maximum atomic E-state index is 5.95. The highest BCUT2D eigenvalue weighted by Crippen LogP contribution is 2.22. The van der Waals surface area contributed by atoms with E-state index in [-0.39, 0.29) is 0 Å². The van der Waals surface area contributed by atoms with Gasteiger partial charge in [0.2, 0.25) is 0 Å². The van der Waals surface area contributed by atoms with Gasteiger partial charge in [-0.2, -0.15) is 5.10 Å². The number of rotatable bonds is 3. The molecule has 0 saturated carbocycles. The number of nitrogens with zero attached hydrogens (tertiary/aromatic N) is 5. The molecule has 0 N–H and O–H groups in total. The molecule has 0 amide bonds. The fourth-order valence-electron chi connectivity index (χ4n) is 2.41. The van der Waals surface area contributed by atoms with Gasteiger partial charge in [-0.3, -0.25) is 14.6 Å². The molecule has 0 aliphatic carbocycles. The Labute approximate surface area is 137 Å². The van der Waals surface area contributed by atoms with E-state index in [9.17, 15) is 0 Å². The topological polar surface area (TPSA) is 56.5 Å². The second kappa shape index (κ2) is 5.78. The molecule has 5 nitrogen and oxygen atoms in total. The monoisotopic (exact) mass is 321 g/mol. The molecule has 0 unspecified atom stereocenters. The van der Waals surface area contributed by atoms with Crippen LogP contribution < -0.4 is 0 Å². The molecule has 0 fully saturated rings. The number of hydrogen-bond acceptors (Lipinski definition) is 4. The van der Waals surface area contributed by atoms with Crippen LogP contribution in [0.3, 0.4) is 0 Å². The van der Waals surface area contributed by atoms with Crippen LogP contribution in [-0.2, 0) is 6.54 Å². The molecule has 4 aromatic heterocycles. The molecule has 0 aliphatic rings. The van der Waals surface area contributed by atoms with E-state index in [0.717, 1.165) is 27.7 Å². The van der Waals surface area contributed by atoms with E-state index >= 15 is 0 Å². The number of fused-ring (bicyclic) bond motifs is 1. The molecular weight excluding hydrogens is 310 g/mol. The van der Waals surface area contributed by atoms with Crippen molar-refractivity contribution >= 4 is 22.6 Å². The van der Waals surface area contributed by atoms with Crippen LogP contribution in [0.4, 0.5) is 0 Å². The fourth-order valence-corrected chi connectivity index (χ4v) is 2.57. The van der Waals surface area contributed by atoms with Crippen LogP contribution in [-0.4, -0.2) is 24.7 Å². The molecule has 4 heterocycles. The van der Waals surface area contributed by atoms with E-state index < -0.39 is 0 Å².